The molecule has 3 heterocycles. The first-order valence-corrected chi connectivity index (χ1v) is 8.44. The van der Waals surface area contributed by atoms with E-state index in [0.717, 1.165) is 16.7 Å². The third kappa shape index (κ3) is 3.70. The molecule has 0 unspecified atom stereocenters. The molecule has 0 fully saturated rings. The monoisotopic (exact) mass is 357 g/mol. The fourth-order valence-corrected chi connectivity index (χ4v) is 2.74. The number of pyridine rings is 2. The first kappa shape index (κ1) is 16.9. The Kier molecular flexibility index (Phi) is 4.63. The van der Waals surface area contributed by atoms with Crippen LogP contribution in [0.3, 0.4) is 0 Å². The Balaban J connectivity index is 1.79. The third-order valence-corrected chi connectivity index (χ3v) is 4.09. The quantitative estimate of drug-likeness (QED) is 0.600. The lowest BCUT2D eigenvalue weighted by Crippen LogP contribution is -2.04. The van der Waals surface area contributed by atoms with Crippen molar-refractivity contribution in [1.29, 1.82) is 0 Å². The highest BCUT2D eigenvalue weighted by molar-refractivity contribution is 5.71. The molecule has 4 aromatic rings. The van der Waals surface area contributed by atoms with E-state index in [0.29, 0.717) is 29.5 Å². The average molecular weight is 357 g/mol. The fourth-order valence-electron chi connectivity index (χ4n) is 2.74. The van der Waals surface area contributed by atoms with Crippen molar-refractivity contribution in [2.24, 2.45) is 5.73 Å². The Morgan fingerprint density at radius 1 is 0.815 bits per heavy atom. The highest BCUT2D eigenvalue weighted by Crippen LogP contribution is 2.26. The molecule has 1 aromatic carbocycles. The number of aromatic nitrogens is 4. The van der Waals surface area contributed by atoms with E-state index >= 15 is 0 Å². The van der Waals surface area contributed by atoms with E-state index in [1.54, 1.807) is 30.7 Å². The van der Waals surface area contributed by atoms with Gasteiger partial charge in [0, 0.05) is 36.3 Å². The molecule has 6 heteroatoms. The highest BCUT2D eigenvalue weighted by atomic mass is 19.1. The van der Waals surface area contributed by atoms with E-state index in [1.807, 2.05) is 30.3 Å². The molecule has 27 heavy (non-hydrogen) atoms. The second-order valence-corrected chi connectivity index (χ2v) is 5.96. The zero-order valence-corrected chi connectivity index (χ0v) is 14.4. The van der Waals surface area contributed by atoms with Crippen LogP contribution < -0.4 is 5.73 Å². The minimum atomic E-state index is -0.272. The van der Waals surface area contributed by atoms with Crippen LogP contribution in [0.1, 0.15) is 5.69 Å². The summed E-state index contributed by atoms with van der Waals surface area (Å²) in [6.07, 6.45) is 5.17. The van der Waals surface area contributed by atoms with Gasteiger partial charge in [0.2, 0.25) is 0 Å². The van der Waals surface area contributed by atoms with Crippen molar-refractivity contribution in [2.75, 3.05) is 0 Å². The summed E-state index contributed by atoms with van der Waals surface area (Å²) < 4.78 is 13.2. The summed E-state index contributed by atoms with van der Waals surface area (Å²) in [6.45, 7) is 0.292. The van der Waals surface area contributed by atoms with Crippen molar-refractivity contribution in [2.45, 2.75) is 6.54 Å². The maximum atomic E-state index is 13.2. The molecule has 0 aliphatic rings. The lowest BCUT2D eigenvalue weighted by Gasteiger charge is -2.08. The van der Waals surface area contributed by atoms with Gasteiger partial charge in [-0.2, -0.15) is 0 Å². The minimum Gasteiger partial charge on any atom is -0.325 e. The standard InChI is InChI=1S/C21H16FN5/c22-17-6-4-14(5-7-17)15-9-16(13-24-12-15)20-10-18(11-23)26-21(27-20)19-3-1-2-8-25-19/h1-10,12-13H,11,23H2. The average Bonchev–Trinajstić information content (AvgIpc) is 2.74. The van der Waals surface area contributed by atoms with Crippen molar-refractivity contribution in [3.8, 4) is 33.9 Å². The van der Waals surface area contributed by atoms with Crippen molar-refractivity contribution in [3.63, 3.8) is 0 Å². The summed E-state index contributed by atoms with van der Waals surface area (Å²) >= 11 is 0. The van der Waals surface area contributed by atoms with Gasteiger partial charge in [-0.15, -0.1) is 0 Å². The van der Waals surface area contributed by atoms with Crippen molar-refractivity contribution in [1.82, 2.24) is 19.9 Å². The summed E-state index contributed by atoms with van der Waals surface area (Å²) in [5.41, 5.74) is 10.5. The molecule has 0 aliphatic carbocycles. The summed E-state index contributed by atoms with van der Waals surface area (Å²) in [5, 5.41) is 0. The van der Waals surface area contributed by atoms with Gasteiger partial charge < -0.3 is 5.73 Å². The molecule has 2 N–H and O–H groups in total. The molecule has 0 saturated carbocycles. The molecule has 132 valence electrons. The number of nitrogens with zero attached hydrogens (tertiary/aromatic N) is 4. The van der Waals surface area contributed by atoms with E-state index in [9.17, 15) is 4.39 Å². The van der Waals surface area contributed by atoms with Crippen LogP contribution in [0.25, 0.3) is 33.9 Å². The molecule has 3 aromatic heterocycles. The first-order valence-electron chi connectivity index (χ1n) is 8.44. The summed E-state index contributed by atoms with van der Waals surface area (Å²) in [5.74, 6) is 0.243. The van der Waals surface area contributed by atoms with E-state index in [2.05, 4.69) is 19.9 Å². The number of halogens is 1. The van der Waals surface area contributed by atoms with E-state index in [-0.39, 0.29) is 5.82 Å². The van der Waals surface area contributed by atoms with Crippen LogP contribution in [-0.4, -0.2) is 19.9 Å². The van der Waals surface area contributed by atoms with Gasteiger partial charge in [-0.05, 0) is 42.0 Å². The molecule has 0 bridgehead atoms. The fraction of sp³-hybridized carbons (Fsp3) is 0.0476. The Morgan fingerprint density at radius 2 is 1.63 bits per heavy atom. The molecule has 0 aliphatic heterocycles. The zero-order chi connectivity index (χ0) is 18.6. The van der Waals surface area contributed by atoms with Gasteiger partial charge in [0.15, 0.2) is 5.82 Å². The lowest BCUT2D eigenvalue weighted by molar-refractivity contribution is 0.628. The topological polar surface area (TPSA) is 77.6 Å². The molecule has 0 amide bonds. The molecule has 5 nitrogen and oxygen atoms in total. The van der Waals surface area contributed by atoms with Gasteiger partial charge in [-0.3, -0.25) is 9.97 Å². The third-order valence-electron chi connectivity index (χ3n) is 4.09. The number of hydrogen-bond donors (Lipinski definition) is 1. The summed E-state index contributed by atoms with van der Waals surface area (Å²) in [6, 6.07) is 15.7. The van der Waals surface area contributed by atoms with Crippen LogP contribution in [0.4, 0.5) is 4.39 Å². The maximum Gasteiger partial charge on any atom is 0.178 e. The van der Waals surface area contributed by atoms with Gasteiger partial charge in [0.25, 0.3) is 0 Å². The zero-order valence-electron chi connectivity index (χ0n) is 14.4. The summed E-state index contributed by atoms with van der Waals surface area (Å²) in [4.78, 5) is 17.8. The molecular formula is C21H16FN5. The SMILES string of the molecule is NCc1cc(-c2cncc(-c3ccc(F)cc3)c2)nc(-c2ccccn2)n1. The van der Waals surface area contributed by atoms with Crippen molar-refractivity contribution >= 4 is 0 Å². The van der Waals surface area contributed by atoms with Crippen LogP contribution in [0.2, 0.25) is 0 Å². The molecule has 0 radical (unpaired) electrons. The second kappa shape index (κ2) is 7.39. The van der Waals surface area contributed by atoms with E-state index < -0.39 is 0 Å². The van der Waals surface area contributed by atoms with Gasteiger partial charge >= 0.3 is 0 Å². The maximum absolute atomic E-state index is 13.2. The Bertz CT molecular complexity index is 1070. The number of hydrogen-bond acceptors (Lipinski definition) is 5. The summed E-state index contributed by atoms with van der Waals surface area (Å²) in [7, 11) is 0. The normalized spacial score (nSPS) is 10.7. The molecule has 0 atom stereocenters. The Hall–Kier alpha value is -3.51. The Labute approximate surface area is 155 Å². The van der Waals surface area contributed by atoms with Crippen LogP contribution in [0, 0.1) is 5.82 Å². The van der Waals surface area contributed by atoms with Gasteiger partial charge in [-0.25, -0.2) is 14.4 Å². The van der Waals surface area contributed by atoms with Gasteiger partial charge in [0.1, 0.15) is 11.5 Å². The van der Waals surface area contributed by atoms with Crippen LogP contribution in [-0.2, 0) is 6.54 Å². The lowest BCUT2D eigenvalue weighted by atomic mass is 10.0. The molecule has 0 spiro atoms. The van der Waals surface area contributed by atoms with E-state index in [4.69, 9.17) is 5.73 Å². The van der Waals surface area contributed by atoms with Gasteiger partial charge in [-0.1, -0.05) is 18.2 Å². The van der Waals surface area contributed by atoms with Crippen molar-refractivity contribution in [3.05, 3.63) is 84.7 Å². The highest BCUT2D eigenvalue weighted by Gasteiger charge is 2.10. The molecule has 0 saturated heterocycles. The predicted octanol–water partition coefficient (Wildman–Crippen LogP) is 3.87. The van der Waals surface area contributed by atoms with E-state index in [1.165, 1.54) is 12.1 Å². The predicted molar refractivity (Wildman–Crippen MR) is 102 cm³/mol. The number of rotatable bonds is 4. The van der Waals surface area contributed by atoms with Gasteiger partial charge in [0.05, 0.1) is 11.4 Å². The van der Waals surface area contributed by atoms with Crippen LogP contribution in [0.15, 0.2) is 73.2 Å². The molecule has 4 rings (SSSR count). The van der Waals surface area contributed by atoms with Crippen LogP contribution >= 0.6 is 0 Å². The van der Waals surface area contributed by atoms with Crippen molar-refractivity contribution < 1.29 is 4.39 Å². The minimum absolute atomic E-state index is 0.272. The largest absolute Gasteiger partial charge is 0.325 e. The smallest absolute Gasteiger partial charge is 0.178 e. The number of benzene rings is 1. The number of nitrogens with two attached hydrogens (primary N) is 1. The van der Waals surface area contributed by atoms with Crippen LogP contribution in [0.5, 0.6) is 0 Å². The second-order valence-electron chi connectivity index (χ2n) is 5.96. The Morgan fingerprint density at radius 3 is 2.37 bits per heavy atom. The molecular weight excluding hydrogens is 341 g/mol. The first-order chi connectivity index (χ1) is 13.2.